The second kappa shape index (κ2) is 7.05. The van der Waals surface area contributed by atoms with Crippen LogP contribution in [0.25, 0.3) is 22.6 Å². The van der Waals surface area contributed by atoms with Crippen LogP contribution in [0.4, 0.5) is 0 Å². The summed E-state index contributed by atoms with van der Waals surface area (Å²) in [6.07, 6.45) is 5.19. The van der Waals surface area contributed by atoms with Gasteiger partial charge in [-0.15, -0.1) is 0 Å². The smallest absolute Gasteiger partial charge is 0.137 e. The van der Waals surface area contributed by atoms with Gasteiger partial charge in [0, 0.05) is 5.56 Å². The van der Waals surface area contributed by atoms with Crippen LogP contribution >= 0.6 is 0 Å². The molecule has 0 aliphatic rings. The van der Waals surface area contributed by atoms with Crippen LogP contribution in [0.1, 0.15) is 18.4 Å². The predicted octanol–water partition coefficient (Wildman–Crippen LogP) is 4.03. The summed E-state index contributed by atoms with van der Waals surface area (Å²) in [5.41, 5.74) is 10.2. The summed E-state index contributed by atoms with van der Waals surface area (Å²) < 4.78 is 0. The lowest BCUT2D eigenvalue weighted by atomic mass is 10.0. The Balaban J connectivity index is 1.80. The molecule has 0 amide bonds. The number of aryl methyl sites for hydroxylation is 1. The van der Waals surface area contributed by atoms with E-state index in [9.17, 15) is 0 Å². The Labute approximate surface area is 131 Å². The van der Waals surface area contributed by atoms with E-state index in [0.29, 0.717) is 0 Å². The summed E-state index contributed by atoms with van der Waals surface area (Å²) in [4.78, 5) is 7.90. The molecule has 0 saturated heterocycles. The van der Waals surface area contributed by atoms with Gasteiger partial charge in [0.15, 0.2) is 0 Å². The Morgan fingerprint density at radius 3 is 2.55 bits per heavy atom. The number of benzene rings is 2. The number of rotatable bonds is 6. The van der Waals surface area contributed by atoms with Crippen LogP contribution in [0, 0.1) is 0 Å². The first-order valence-electron chi connectivity index (χ1n) is 7.76. The number of imidazole rings is 1. The highest BCUT2D eigenvalue weighted by atomic mass is 14.9. The van der Waals surface area contributed by atoms with Crippen molar-refractivity contribution in [2.24, 2.45) is 5.73 Å². The zero-order valence-electron chi connectivity index (χ0n) is 12.6. The normalized spacial score (nSPS) is 10.8. The average Bonchev–Trinajstić information content (AvgIpc) is 3.06. The van der Waals surface area contributed by atoms with Gasteiger partial charge in [0.2, 0.25) is 0 Å². The van der Waals surface area contributed by atoms with Crippen LogP contribution in [0.3, 0.4) is 0 Å². The molecule has 3 nitrogen and oxygen atoms in total. The lowest BCUT2D eigenvalue weighted by Crippen LogP contribution is -1.99. The van der Waals surface area contributed by atoms with Gasteiger partial charge in [0.1, 0.15) is 5.82 Å². The minimum Gasteiger partial charge on any atom is -0.338 e. The average molecular weight is 291 g/mol. The first-order chi connectivity index (χ1) is 10.9. The van der Waals surface area contributed by atoms with Crippen LogP contribution in [0.5, 0.6) is 0 Å². The van der Waals surface area contributed by atoms with Crippen molar-refractivity contribution in [1.29, 1.82) is 0 Å². The Hall–Kier alpha value is -2.39. The van der Waals surface area contributed by atoms with Gasteiger partial charge in [-0.05, 0) is 43.0 Å². The highest BCUT2D eigenvalue weighted by Crippen LogP contribution is 2.23. The van der Waals surface area contributed by atoms with Crippen LogP contribution in [-0.2, 0) is 6.42 Å². The number of hydrogen-bond acceptors (Lipinski definition) is 2. The van der Waals surface area contributed by atoms with Gasteiger partial charge >= 0.3 is 0 Å². The summed E-state index contributed by atoms with van der Waals surface area (Å²) in [6, 6.07) is 18.8. The van der Waals surface area contributed by atoms with Gasteiger partial charge in [-0.25, -0.2) is 4.98 Å². The topological polar surface area (TPSA) is 54.7 Å². The van der Waals surface area contributed by atoms with Crippen molar-refractivity contribution >= 4 is 0 Å². The molecule has 0 saturated carbocycles. The molecule has 2 aromatic carbocycles. The van der Waals surface area contributed by atoms with Crippen molar-refractivity contribution in [3.63, 3.8) is 0 Å². The second-order valence-corrected chi connectivity index (χ2v) is 5.46. The Kier molecular flexibility index (Phi) is 4.66. The van der Waals surface area contributed by atoms with Crippen molar-refractivity contribution < 1.29 is 0 Å². The van der Waals surface area contributed by atoms with E-state index >= 15 is 0 Å². The van der Waals surface area contributed by atoms with Gasteiger partial charge in [-0.1, -0.05) is 48.5 Å². The van der Waals surface area contributed by atoms with E-state index in [2.05, 4.69) is 46.4 Å². The number of aromatic nitrogens is 2. The molecular weight excluding hydrogens is 270 g/mol. The van der Waals surface area contributed by atoms with Gasteiger partial charge in [0.25, 0.3) is 0 Å². The van der Waals surface area contributed by atoms with Gasteiger partial charge in [-0.2, -0.15) is 0 Å². The van der Waals surface area contributed by atoms with Gasteiger partial charge in [0.05, 0.1) is 11.9 Å². The lowest BCUT2D eigenvalue weighted by Gasteiger charge is -2.04. The monoisotopic (exact) mass is 291 g/mol. The minimum atomic E-state index is 0.765. The van der Waals surface area contributed by atoms with Crippen LogP contribution in [-0.4, -0.2) is 16.5 Å². The summed E-state index contributed by atoms with van der Waals surface area (Å²) >= 11 is 0. The first-order valence-corrected chi connectivity index (χ1v) is 7.76. The van der Waals surface area contributed by atoms with E-state index < -0.39 is 0 Å². The molecule has 0 radical (unpaired) electrons. The van der Waals surface area contributed by atoms with E-state index in [4.69, 9.17) is 5.73 Å². The number of H-pyrrole nitrogens is 1. The third-order valence-electron chi connectivity index (χ3n) is 3.78. The number of nitrogens with two attached hydrogens (primary N) is 1. The molecule has 0 atom stereocenters. The lowest BCUT2D eigenvalue weighted by molar-refractivity contribution is 0.745. The SMILES string of the molecule is NCCCCc1cccc(-c2cnc(-c3ccccc3)[nH]2)c1. The quantitative estimate of drug-likeness (QED) is 0.674. The maximum atomic E-state index is 5.56. The van der Waals surface area contributed by atoms with E-state index in [1.54, 1.807) is 0 Å². The van der Waals surface area contributed by atoms with Crippen molar-refractivity contribution in [1.82, 2.24) is 9.97 Å². The zero-order chi connectivity index (χ0) is 15.2. The highest BCUT2D eigenvalue weighted by Gasteiger charge is 2.05. The first kappa shape index (κ1) is 14.5. The molecule has 1 heterocycles. The number of nitrogens with one attached hydrogen (secondary N) is 1. The molecule has 3 rings (SSSR count). The fraction of sp³-hybridized carbons (Fsp3) is 0.211. The standard InChI is InChI=1S/C19H21N3/c20-12-5-4-7-15-8-6-11-17(13-15)18-14-21-19(22-18)16-9-2-1-3-10-16/h1-3,6,8-11,13-14H,4-5,7,12,20H2,(H,21,22). The third kappa shape index (κ3) is 3.43. The van der Waals surface area contributed by atoms with E-state index in [0.717, 1.165) is 42.9 Å². The number of unbranched alkanes of at least 4 members (excludes halogenated alkanes) is 1. The highest BCUT2D eigenvalue weighted by molar-refractivity contribution is 5.64. The fourth-order valence-corrected chi connectivity index (χ4v) is 2.58. The third-order valence-corrected chi connectivity index (χ3v) is 3.78. The van der Waals surface area contributed by atoms with Crippen LogP contribution in [0.2, 0.25) is 0 Å². The van der Waals surface area contributed by atoms with Crippen molar-refractivity contribution in [3.05, 3.63) is 66.4 Å². The van der Waals surface area contributed by atoms with E-state index in [1.165, 1.54) is 11.1 Å². The molecule has 0 aliphatic heterocycles. The van der Waals surface area contributed by atoms with Crippen LogP contribution in [0.15, 0.2) is 60.8 Å². The number of nitrogens with zero attached hydrogens (tertiary/aromatic N) is 1. The summed E-state index contributed by atoms with van der Waals surface area (Å²) in [7, 11) is 0. The Morgan fingerprint density at radius 2 is 1.73 bits per heavy atom. The van der Waals surface area contributed by atoms with E-state index in [1.807, 2.05) is 24.4 Å². The predicted molar refractivity (Wildman–Crippen MR) is 91.5 cm³/mol. The molecule has 0 unspecified atom stereocenters. The molecular formula is C19H21N3. The molecule has 0 aliphatic carbocycles. The minimum absolute atomic E-state index is 0.765. The van der Waals surface area contributed by atoms with Gasteiger partial charge in [-0.3, -0.25) is 0 Å². The zero-order valence-corrected chi connectivity index (χ0v) is 12.6. The van der Waals surface area contributed by atoms with Crippen molar-refractivity contribution in [2.75, 3.05) is 6.54 Å². The van der Waals surface area contributed by atoms with Crippen LogP contribution < -0.4 is 5.73 Å². The summed E-state index contributed by atoms with van der Waals surface area (Å²) in [6.45, 7) is 0.765. The fourth-order valence-electron chi connectivity index (χ4n) is 2.58. The molecule has 22 heavy (non-hydrogen) atoms. The molecule has 0 spiro atoms. The van der Waals surface area contributed by atoms with Crippen molar-refractivity contribution in [2.45, 2.75) is 19.3 Å². The van der Waals surface area contributed by atoms with Crippen molar-refractivity contribution in [3.8, 4) is 22.6 Å². The molecule has 3 aromatic rings. The maximum Gasteiger partial charge on any atom is 0.137 e. The molecule has 3 N–H and O–H groups in total. The molecule has 3 heteroatoms. The second-order valence-electron chi connectivity index (χ2n) is 5.46. The molecule has 0 fully saturated rings. The summed E-state index contributed by atoms with van der Waals surface area (Å²) in [5.74, 6) is 0.907. The summed E-state index contributed by atoms with van der Waals surface area (Å²) in [5, 5.41) is 0. The van der Waals surface area contributed by atoms with Gasteiger partial charge < -0.3 is 10.7 Å². The number of hydrogen-bond donors (Lipinski definition) is 2. The molecule has 0 bridgehead atoms. The Morgan fingerprint density at radius 1 is 0.909 bits per heavy atom. The van der Waals surface area contributed by atoms with E-state index in [-0.39, 0.29) is 0 Å². The number of aromatic amines is 1. The Bertz CT molecular complexity index is 716. The molecule has 112 valence electrons. The largest absolute Gasteiger partial charge is 0.338 e. The molecule has 1 aromatic heterocycles. The maximum absolute atomic E-state index is 5.56.